The number of hydrogen-bond donors (Lipinski definition) is 0. The minimum absolute atomic E-state index is 0.231. The first-order valence-corrected chi connectivity index (χ1v) is 10.5. The van der Waals surface area contributed by atoms with E-state index in [1.54, 1.807) is 31.5 Å². The zero-order valence-corrected chi connectivity index (χ0v) is 18.4. The summed E-state index contributed by atoms with van der Waals surface area (Å²) in [5, 5.41) is 5.78. The average Bonchev–Trinajstić information content (AvgIpc) is 3.11. The first kappa shape index (κ1) is 20.6. The van der Waals surface area contributed by atoms with Crippen molar-refractivity contribution in [2.45, 2.75) is 6.54 Å². The fraction of sp³-hybridized carbons (Fsp3) is 0.136. The van der Waals surface area contributed by atoms with Gasteiger partial charge in [0.25, 0.3) is 5.56 Å². The van der Waals surface area contributed by atoms with Gasteiger partial charge in [0.05, 0.1) is 40.4 Å². The van der Waals surface area contributed by atoms with Gasteiger partial charge in [-0.2, -0.15) is 9.78 Å². The van der Waals surface area contributed by atoms with Crippen LogP contribution < -0.4 is 5.56 Å². The van der Waals surface area contributed by atoms with Crippen LogP contribution in [0.2, 0.25) is 10.0 Å². The van der Waals surface area contributed by atoms with Crippen LogP contribution in [0.4, 0.5) is 0 Å². The third-order valence-electron chi connectivity index (χ3n) is 5.01. The molecule has 0 fully saturated rings. The molecule has 160 valence electrons. The summed E-state index contributed by atoms with van der Waals surface area (Å²) < 4.78 is 8.12. The zero-order valence-electron chi connectivity index (χ0n) is 16.9. The van der Waals surface area contributed by atoms with Crippen molar-refractivity contribution in [3.8, 4) is 0 Å². The molecule has 0 atom stereocenters. The lowest BCUT2D eigenvalue weighted by molar-refractivity contribution is 0.186. The maximum atomic E-state index is 13.3. The molecule has 32 heavy (non-hydrogen) atoms. The number of methoxy groups -OCH3 is 1. The van der Waals surface area contributed by atoms with Crippen LogP contribution in [0.1, 0.15) is 5.56 Å². The molecule has 0 aliphatic carbocycles. The Morgan fingerprint density at radius 3 is 2.59 bits per heavy atom. The zero-order chi connectivity index (χ0) is 22.2. The van der Waals surface area contributed by atoms with Crippen molar-refractivity contribution in [2.24, 2.45) is 5.10 Å². The monoisotopic (exact) mass is 466 g/mol. The van der Waals surface area contributed by atoms with E-state index in [2.05, 4.69) is 10.1 Å². The Hall–Kier alpha value is -3.33. The summed E-state index contributed by atoms with van der Waals surface area (Å²) in [5.74, 6) is 0. The molecule has 0 saturated carbocycles. The quantitative estimate of drug-likeness (QED) is 0.363. The number of aromatic nitrogens is 5. The van der Waals surface area contributed by atoms with Gasteiger partial charge >= 0.3 is 0 Å². The first-order valence-electron chi connectivity index (χ1n) is 9.71. The van der Waals surface area contributed by atoms with Gasteiger partial charge in [0.2, 0.25) is 0 Å². The topological polar surface area (TPSA) is 87.2 Å². The molecule has 10 heteroatoms. The van der Waals surface area contributed by atoms with Crippen molar-refractivity contribution in [3.05, 3.63) is 74.8 Å². The number of nitrogens with zero attached hydrogens (tertiary/aromatic N) is 6. The lowest BCUT2D eigenvalue weighted by atomic mass is 10.2. The molecule has 8 nitrogen and oxygen atoms in total. The number of rotatable bonds is 5. The van der Waals surface area contributed by atoms with Crippen LogP contribution in [0.3, 0.4) is 0 Å². The SMILES string of the molecule is COCCn1cnc2c(c1=O)c1nc3ccccc3nc1n2/N=C\c1ccc(Cl)c(Cl)c1. The number of hydrogen-bond acceptors (Lipinski definition) is 6. The second-order valence-electron chi connectivity index (χ2n) is 7.05. The number of ether oxygens (including phenoxy) is 1. The summed E-state index contributed by atoms with van der Waals surface area (Å²) in [7, 11) is 1.58. The fourth-order valence-electron chi connectivity index (χ4n) is 3.43. The van der Waals surface area contributed by atoms with Crippen LogP contribution in [0.25, 0.3) is 33.2 Å². The molecular weight excluding hydrogens is 451 g/mol. The molecule has 2 aromatic carbocycles. The van der Waals surface area contributed by atoms with Crippen LogP contribution in [0.5, 0.6) is 0 Å². The van der Waals surface area contributed by atoms with Crippen molar-refractivity contribution in [2.75, 3.05) is 13.7 Å². The standard InChI is InChI=1S/C22H16Cl2N6O2/c1-32-9-8-29-12-25-20-18(22(29)31)19-21(28-17-5-3-2-4-16(17)27-19)30(20)26-11-13-6-7-14(23)15(24)10-13/h2-7,10-12H,8-9H2,1H3/b26-11-. The predicted octanol–water partition coefficient (Wildman–Crippen LogP) is 4.13. The highest BCUT2D eigenvalue weighted by molar-refractivity contribution is 6.42. The number of benzene rings is 2. The van der Waals surface area contributed by atoms with Gasteiger partial charge in [-0.3, -0.25) is 9.36 Å². The van der Waals surface area contributed by atoms with Crippen molar-refractivity contribution in [1.29, 1.82) is 0 Å². The highest BCUT2D eigenvalue weighted by atomic mass is 35.5. The molecule has 0 amide bonds. The number of halogens is 2. The van der Waals surface area contributed by atoms with Gasteiger partial charge in [0.1, 0.15) is 17.2 Å². The molecule has 0 saturated heterocycles. The van der Waals surface area contributed by atoms with Gasteiger partial charge in [-0.05, 0) is 29.8 Å². The Morgan fingerprint density at radius 1 is 1.06 bits per heavy atom. The van der Waals surface area contributed by atoms with E-state index in [9.17, 15) is 4.79 Å². The smallest absolute Gasteiger partial charge is 0.265 e. The lowest BCUT2D eigenvalue weighted by Gasteiger charge is -2.04. The van der Waals surface area contributed by atoms with Crippen LogP contribution in [-0.4, -0.2) is 44.1 Å². The maximum absolute atomic E-state index is 13.3. The van der Waals surface area contributed by atoms with Crippen molar-refractivity contribution < 1.29 is 4.74 Å². The highest BCUT2D eigenvalue weighted by Crippen LogP contribution is 2.25. The molecule has 0 radical (unpaired) electrons. The van der Waals surface area contributed by atoms with Crippen molar-refractivity contribution in [1.82, 2.24) is 24.2 Å². The molecule has 3 heterocycles. The van der Waals surface area contributed by atoms with E-state index in [-0.39, 0.29) is 5.56 Å². The van der Waals surface area contributed by atoms with Gasteiger partial charge in [-0.1, -0.05) is 41.4 Å². The molecule has 0 aliphatic heterocycles. The number of fused-ring (bicyclic) bond motifs is 4. The summed E-state index contributed by atoms with van der Waals surface area (Å²) in [6.45, 7) is 0.758. The van der Waals surface area contributed by atoms with Crippen molar-refractivity contribution >= 4 is 62.6 Å². The molecule has 3 aromatic heterocycles. The van der Waals surface area contributed by atoms with Crippen LogP contribution >= 0.6 is 23.2 Å². The Labute approximate surface area is 191 Å². The van der Waals surface area contributed by atoms with E-state index < -0.39 is 0 Å². The van der Waals surface area contributed by atoms with Crippen LogP contribution in [0, 0.1) is 0 Å². The van der Waals surface area contributed by atoms with E-state index in [1.807, 2.05) is 24.3 Å². The van der Waals surface area contributed by atoms with Gasteiger partial charge in [0.15, 0.2) is 11.3 Å². The van der Waals surface area contributed by atoms with E-state index in [0.717, 1.165) is 5.56 Å². The van der Waals surface area contributed by atoms with Gasteiger partial charge in [0, 0.05) is 7.11 Å². The molecule has 0 spiro atoms. The normalized spacial score (nSPS) is 12.0. The minimum atomic E-state index is -0.231. The second-order valence-corrected chi connectivity index (χ2v) is 7.86. The van der Waals surface area contributed by atoms with Gasteiger partial charge in [-0.15, -0.1) is 0 Å². The van der Waals surface area contributed by atoms with Crippen LogP contribution in [0.15, 0.2) is 58.7 Å². The fourth-order valence-corrected chi connectivity index (χ4v) is 3.74. The average molecular weight is 467 g/mol. The number of para-hydroxylation sites is 2. The molecule has 0 N–H and O–H groups in total. The molecule has 0 unspecified atom stereocenters. The molecular formula is C22H16Cl2N6O2. The molecule has 5 rings (SSSR count). The van der Waals surface area contributed by atoms with Gasteiger partial charge < -0.3 is 4.74 Å². The summed E-state index contributed by atoms with van der Waals surface area (Å²) in [6.07, 6.45) is 3.09. The third kappa shape index (κ3) is 3.52. The summed E-state index contributed by atoms with van der Waals surface area (Å²) in [4.78, 5) is 27.2. The third-order valence-corrected chi connectivity index (χ3v) is 5.75. The van der Waals surface area contributed by atoms with E-state index in [4.69, 9.17) is 37.9 Å². The molecule has 0 bridgehead atoms. The minimum Gasteiger partial charge on any atom is -0.383 e. The van der Waals surface area contributed by atoms with Gasteiger partial charge in [-0.25, -0.2) is 15.0 Å². The Kier molecular flexibility index (Phi) is 5.34. The Balaban J connectivity index is 1.78. The lowest BCUT2D eigenvalue weighted by Crippen LogP contribution is -2.22. The maximum Gasteiger partial charge on any atom is 0.265 e. The Morgan fingerprint density at radius 2 is 1.84 bits per heavy atom. The van der Waals surface area contributed by atoms with E-state index >= 15 is 0 Å². The first-order chi connectivity index (χ1) is 15.6. The Bertz CT molecular complexity index is 1570. The summed E-state index contributed by atoms with van der Waals surface area (Å²) >= 11 is 12.1. The van der Waals surface area contributed by atoms with Crippen molar-refractivity contribution in [3.63, 3.8) is 0 Å². The largest absolute Gasteiger partial charge is 0.383 e. The molecule has 5 aromatic rings. The van der Waals surface area contributed by atoms with Crippen LogP contribution in [-0.2, 0) is 11.3 Å². The van der Waals surface area contributed by atoms with E-state index in [1.165, 1.54) is 15.6 Å². The summed E-state index contributed by atoms with van der Waals surface area (Å²) in [6, 6.07) is 12.6. The highest BCUT2D eigenvalue weighted by Gasteiger charge is 2.19. The van der Waals surface area contributed by atoms with E-state index in [0.29, 0.717) is 56.4 Å². The molecule has 0 aliphatic rings. The second kappa shape index (κ2) is 8.31. The summed E-state index contributed by atoms with van der Waals surface area (Å²) in [5.41, 5.74) is 3.11. The predicted molar refractivity (Wildman–Crippen MR) is 126 cm³/mol.